The lowest BCUT2D eigenvalue weighted by atomic mass is 9.76. The van der Waals surface area contributed by atoms with Gasteiger partial charge in [-0.15, -0.1) is 0 Å². The van der Waals surface area contributed by atoms with Crippen LogP contribution in [-0.2, 0) is 11.2 Å². The second-order valence-corrected chi connectivity index (χ2v) is 6.85. The van der Waals surface area contributed by atoms with E-state index in [4.69, 9.17) is 5.73 Å². The number of rotatable bonds is 4. The average Bonchev–Trinajstić information content (AvgIpc) is 2.81. The highest BCUT2D eigenvalue weighted by Gasteiger charge is 2.38. The Morgan fingerprint density at radius 1 is 1.68 bits per heavy atom. The van der Waals surface area contributed by atoms with Crippen LogP contribution in [-0.4, -0.2) is 17.5 Å². The Hall–Kier alpha value is -0.870. The molecule has 1 aromatic heterocycles. The third kappa shape index (κ3) is 3.80. The van der Waals surface area contributed by atoms with E-state index in [0.717, 1.165) is 25.7 Å². The zero-order valence-corrected chi connectivity index (χ0v) is 12.6. The third-order valence-corrected chi connectivity index (χ3v) is 4.72. The van der Waals surface area contributed by atoms with Gasteiger partial charge in [-0.05, 0) is 54.5 Å². The van der Waals surface area contributed by atoms with Gasteiger partial charge in [0.1, 0.15) is 0 Å². The van der Waals surface area contributed by atoms with Crippen LogP contribution in [0.15, 0.2) is 16.8 Å². The van der Waals surface area contributed by atoms with Crippen molar-refractivity contribution in [3.05, 3.63) is 22.4 Å². The summed E-state index contributed by atoms with van der Waals surface area (Å²) in [6.45, 7) is 4.23. The summed E-state index contributed by atoms with van der Waals surface area (Å²) >= 11 is 1.69. The van der Waals surface area contributed by atoms with E-state index >= 15 is 0 Å². The minimum absolute atomic E-state index is 0.0294. The summed E-state index contributed by atoms with van der Waals surface area (Å²) in [5.74, 6) is 0.582. The van der Waals surface area contributed by atoms with Gasteiger partial charge < -0.3 is 11.1 Å². The Morgan fingerprint density at radius 3 is 3.11 bits per heavy atom. The normalized spacial score (nSPS) is 28.9. The van der Waals surface area contributed by atoms with Crippen molar-refractivity contribution < 1.29 is 4.79 Å². The molecule has 3 unspecified atom stereocenters. The molecule has 1 fully saturated rings. The van der Waals surface area contributed by atoms with E-state index in [-0.39, 0.29) is 11.9 Å². The molecule has 4 heteroatoms. The van der Waals surface area contributed by atoms with Gasteiger partial charge >= 0.3 is 0 Å². The van der Waals surface area contributed by atoms with Crippen LogP contribution in [0.3, 0.4) is 0 Å². The first-order valence-corrected chi connectivity index (χ1v) is 8.05. The summed E-state index contributed by atoms with van der Waals surface area (Å²) in [6, 6.07) is 2.24. The summed E-state index contributed by atoms with van der Waals surface area (Å²) in [5, 5.41) is 7.28. The second kappa shape index (κ2) is 6.06. The maximum atomic E-state index is 12.4. The summed E-state index contributed by atoms with van der Waals surface area (Å²) in [5.41, 5.74) is 6.93. The SMILES string of the molecule is CC1CCCC(N)(C(=O)NC(C)Cc2ccsc2)C1. The fourth-order valence-electron chi connectivity index (χ4n) is 2.98. The van der Waals surface area contributed by atoms with Gasteiger partial charge in [0.05, 0.1) is 5.54 Å². The largest absolute Gasteiger partial charge is 0.352 e. The summed E-state index contributed by atoms with van der Waals surface area (Å²) in [4.78, 5) is 12.4. The van der Waals surface area contributed by atoms with Crippen LogP contribution >= 0.6 is 11.3 Å². The molecule has 1 heterocycles. The number of nitrogens with one attached hydrogen (secondary N) is 1. The zero-order valence-electron chi connectivity index (χ0n) is 11.8. The van der Waals surface area contributed by atoms with Gasteiger partial charge in [0.2, 0.25) is 5.91 Å². The highest BCUT2D eigenvalue weighted by atomic mass is 32.1. The summed E-state index contributed by atoms with van der Waals surface area (Å²) in [6.07, 6.45) is 4.75. The Bertz CT molecular complexity index is 418. The molecule has 1 saturated carbocycles. The lowest BCUT2D eigenvalue weighted by molar-refractivity contribution is -0.128. The molecule has 1 aliphatic rings. The molecule has 19 heavy (non-hydrogen) atoms. The average molecular weight is 280 g/mol. The third-order valence-electron chi connectivity index (χ3n) is 3.98. The maximum absolute atomic E-state index is 12.4. The molecule has 2 rings (SSSR count). The number of carbonyl (C=O) groups excluding carboxylic acids is 1. The smallest absolute Gasteiger partial charge is 0.240 e. The molecule has 1 aliphatic carbocycles. The molecule has 0 radical (unpaired) electrons. The predicted octanol–water partition coefficient (Wildman–Crippen LogP) is 2.70. The van der Waals surface area contributed by atoms with Crippen molar-refractivity contribution in [1.82, 2.24) is 5.32 Å². The molecular formula is C15H24N2OS. The maximum Gasteiger partial charge on any atom is 0.240 e. The summed E-state index contributed by atoms with van der Waals surface area (Å²) < 4.78 is 0. The first kappa shape index (κ1) is 14.5. The molecule has 1 aromatic rings. The lowest BCUT2D eigenvalue weighted by Gasteiger charge is -2.36. The topological polar surface area (TPSA) is 55.1 Å². The fraction of sp³-hybridized carbons (Fsp3) is 0.667. The molecule has 0 aromatic carbocycles. The molecular weight excluding hydrogens is 256 g/mol. The van der Waals surface area contributed by atoms with Crippen LogP contribution in [0.4, 0.5) is 0 Å². The van der Waals surface area contributed by atoms with Crippen LogP contribution in [0, 0.1) is 5.92 Å². The van der Waals surface area contributed by atoms with E-state index in [9.17, 15) is 4.79 Å². The van der Waals surface area contributed by atoms with Gasteiger partial charge in [0.15, 0.2) is 0 Å². The van der Waals surface area contributed by atoms with Crippen LogP contribution in [0.2, 0.25) is 0 Å². The summed E-state index contributed by atoms with van der Waals surface area (Å²) in [7, 11) is 0. The number of thiophene rings is 1. The molecule has 0 saturated heterocycles. The minimum atomic E-state index is -0.652. The molecule has 3 atom stereocenters. The highest BCUT2D eigenvalue weighted by Crippen LogP contribution is 2.30. The van der Waals surface area contributed by atoms with E-state index in [1.165, 1.54) is 12.0 Å². The Balaban J connectivity index is 1.89. The second-order valence-electron chi connectivity index (χ2n) is 6.07. The Morgan fingerprint density at radius 2 is 2.47 bits per heavy atom. The number of hydrogen-bond donors (Lipinski definition) is 2. The van der Waals surface area contributed by atoms with E-state index in [2.05, 4.69) is 29.1 Å². The predicted molar refractivity (Wildman–Crippen MR) is 80.2 cm³/mol. The Kier molecular flexibility index (Phi) is 4.63. The zero-order chi connectivity index (χ0) is 13.9. The molecule has 3 N–H and O–H groups in total. The van der Waals surface area contributed by atoms with Gasteiger partial charge in [-0.1, -0.05) is 19.8 Å². The number of amides is 1. The molecule has 3 nitrogen and oxygen atoms in total. The number of nitrogens with two attached hydrogens (primary N) is 1. The van der Waals surface area contributed by atoms with Crippen LogP contribution in [0.1, 0.15) is 45.1 Å². The lowest BCUT2D eigenvalue weighted by Crippen LogP contribution is -2.57. The molecule has 0 bridgehead atoms. The van der Waals surface area contributed by atoms with Crippen molar-refractivity contribution in [3.8, 4) is 0 Å². The Labute approximate surface area is 119 Å². The van der Waals surface area contributed by atoms with Gasteiger partial charge in [0, 0.05) is 6.04 Å². The fourth-order valence-corrected chi connectivity index (χ4v) is 3.66. The van der Waals surface area contributed by atoms with Crippen LogP contribution in [0.25, 0.3) is 0 Å². The van der Waals surface area contributed by atoms with E-state index < -0.39 is 5.54 Å². The van der Waals surface area contributed by atoms with E-state index in [0.29, 0.717) is 5.92 Å². The first-order chi connectivity index (χ1) is 8.99. The van der Waals surface area contributed by atoms with Crippen molar-refractivity contribution in [2.75, 3.05) is 0 Å². The van der Waals surface area contributed by atoms with Crippen molar-refractivity contribution >= 4 is 17.2 Å². The van der Waals surface area contributed by atoms with Crippen LogP contribution < -0.4 is 11.1 Å². The van der Waals surface area contributed by atoms with E-state index in [1.54, 1.807) is 11.3 Å². The highest BCUT2D eigenvalue weighted by molar-refractivity contribution is 7.07. The van der Waals surface area contributed by atoms with Crippen molar-refractivity contribution in [2.45, 2.75) is 57.5 Å². The minimum Gasteiger partial charge on any atom is -0.352 e. The van der Waals surface area contributed by atoms with Gasteiger partial charge in [-0.25, -0.2) is 0 Å². The van der Waals surface area contributed by atoms with Gasteiger partial charge in [-0.3, -0.25) is 4.79 Å². The van der Waals surface area contributed by atoms with Crippen molar-refractivity contribution in [1.29, 1.82) is 0 Å². The molecule has 1 amide bonds. The number of carbonyl (C=O) groups is 1. The molecule has 0 spiro atoms. The first-order valence-electron chi connectivity index (χ1n) is 7.10. The molecule has 0 aliphatic heterocycles. The van der Waals surface area contributed by atoms with E-state index in [1.807, 2.05) is 6.92 Å². The van der Waals surface area contributed by atoms with Gasteiger partial charge in [-0.2, -0.15) is 11.3 Å². The quantitative estimate of drug-likeness (QED) is 0.891. The van der Waals surface area contributed by atoms with Gasteiger partial charge in [0.25, 0.3) is 0 Å². The number of hydrogen-bond acceptors (Lipinski definition) is 3. The monoisotopic (exact) mass is 280 g/mol. The molecule has 106 valence electrons. The standard InChI is InChI=1S/C15H24N2OS/c1-11-4-3-6-15(16,9-11)14(18)17-12(2)8-13-5-7-19-10-13/h5,7,10-12H,3-4,6,8-9,16H2,1-2H3,(H,17,18). The van der Waals surface area contributed by atoms with Crippen molar-refractivity contribution in [3.63, 3.8) is 0 Å². The van der Waals surface area contributed by atoms with Crippen LogP contribution in [0.5, 0.6) is 0 Å². The van der Waals surface area contributed by atoms with Crippen molar-refractivity contribution in [2.24, 2.45) is 11.7 Å².